The average molecular weight is 866 g/mol. The monoisotopic (exact) mass is 866 g/mol. The van der Waals surface area contributed by atoms with Crippen LogP contribution in [0.2, 0.25) is 0 Å². The molecule has 0 rings (SSSR count). The topological polar surface area (TPSA) is 105 Å². The molecule has 0 aliphatic heterocycles. The van der Waals surface area contributed by atoms with Crippen LogP contribution in [0.5, 0.6) is 0 Å². The molecule has 60 heavy (non-hydrogen) atoms. The number of aliphatic hydroxyl groups excluding tert-OH is 1. The fourth-order valence-electron chi connectivity index (χ4n) is 7.18. The Balaban J connectivity index is 4.23. The first-order chi connectivity index (χ1) is 29.0. The molecule has 3 atom stereocenters. The van der Waals surface area contributed by atoms with Crippen molar-refractivity contribution < 1.29 is 32.9 Å². The fraction of sp³-hybridized carbons (Fsp3) is 0.824. The van der Waals surface area contributed by atoms with Crippen LogP contribution in [0, 0.1) is 0 Å². The Morgan fingerprint density at radius 2 is 0.967 bits per heavy atom. The van der Waals surface area contributed by atoms with Gasteiger partial charge in [-0.25, -0.2) is 4.57 Å². The van der Waals surface area contributed by atoms with Crippen molar-refractivity contribution in [3.63, 3.8) is 0 Å². The normalized spacial score (nSPS) is 14.6. The lowest BCUT2D eigenvalue weighted by Crippen LogP contribution is -2.46. The molecule has 0 saturated carbocycles. The molecule has 0 spiro atoms. The Morgan fingerprint density at radius 1 is 0.583 bits per heavy atom. The molecule has 352 valence electrons. The van der Waals surface area contributed by atoms with Crippen LogP contribution < -0.4 is 5.32 Å². The number of allylic oxidation sites excluding steroid dienone is 8. The number of hydrogen-bond donors (Lipinski definition) is 3. The molecule has 0 radical (unpaired) electrons. The molecule has 0 aliphatic carbocycles. The first-order valence-electron chi connectivity index (χ1n) is 25.0. The molecular formula is C51H98N2O6P+. The van der Waals surface area contributed by atoms with E-state index >= 15 is 0 Å². The van der Waals surface area contributed by atoms with Crippen LogP contribution in [-0.2, 0) is 18.4 Å². The second kappa shape index (κ2) is 42.7. The van der Waals surface area contributed by atoms with Gasteiger partial charge in [-0.05, 0) is 38.5 Å². The van der Waals surface area contributed by atoms with E-state index < -0.39 is 20.0 Å². The van der Waals surface area contributed by atoms with Crippen LogP contribution in [-0.4, -0.2) is 73.4 Å². The number of phosphoric ester groups is 1. The van der Waals surface area contributed by atoms with Crippen LogP contribution in [0.4, 0.5) is 0 Å². The molecule has 0 saturated heterocycles. The standard InChI is InChI=1S/C51H97N2O6P/c1-6-8-10-12-14-16-18-20-21-22-23-24-25-26-27-28-29-30-31-33-34-36-38-40-42-44-50(54)49(48-59-60(56,57)58-47-46-53(3,4)5)52-51(55)45-43-41-39-37-35-32-19-17-15-13-11-9-7-2/h9,11,15,17,32,35,39,41,49-50,54H,6-8,10,12-14,16,18-31,33-34,36-38,40,42-48H2,1-5H3,(H-,52,55,56,57)/p+1/b11-9-,17-15-,35-32-,41-39-. The maximum atomic E-state index is 12.9. The van der Waals surface area contributed by atoms with Crippen LogP contribution in [0.1, 0.15) is 219 Å². The van der Waals surface area contributed by atoms with E-state index in [1.807, 2.05) is 33.3 Å². The van der Waals surface area contributed by atoms with Crippen molar-refractivity contribution in [2.24, 2.45) is 0 Å². The van der Waals surface area contributed by atoms with E-state index in [1.165, 1.54) is 141 Å². The number of likely N-dealkylation sites (N-methyl/N-ethyl adjacent to an activating group) is 1. The number of hydrogen-bond acceptors (Lipinski definition) is 5. The molecule has 0 aliphatic rings. The molecule has 0 aromatic rings. The largest absolute Gasteiger partial charge is 0.472 e. The van der Waals surface area contributed by atoms with E-state index in [4.69, 9.17) is 9.05 Å². The number of quaternary nitrogens is 1. The maximum absolute atomic E-state index is 12.9. The van der Waals surface area contributed by atoms with Crippen LogP contribution in [0.25, 0.3) is 0 Å². The summed E-state index contributed by atoms with van der Waals surface area (Å²) < 4.78 is 23.6. The number of rotatable bonds is 45. The van der Waals surface area contributed by atoms with E-state index in [2.05, 4.69) is 55.6 Å². The number of nitrogens with zero attached hydrogens (tertiary/aromatic N) is 1. The zero-order valence-corrected chi connectivity index (χ0v) is 40.8. The zero-order chi connectivity index (χ0) is 44.3. The molecule has 3 N–H and O–H groups in total. The summed E-state index contributed by atoms with van der Waals surface area (Å²) in [5, 5.41) is 13.9. The number of amides is 1. The smallest absolute Gasteiger partial charge is 0.391 e. The Kier molecular flexibility index (Phi) is 41.6. The quantitative estimate of drug-likeness (QED) is 0.0244. The van der Waals surface area contributed by atoms with Crippen molar-refractivity contribution in [1.82, 2.24) is 5.32 Å². The highest BCUT2D eigenvalue weighted by atomic mass is 31.2. The summed E-state index contributed by atoms with van der Waals surface area (Å²) in [6.45, 7) is 4.72. The van der Waals surface area contributed by atoms with Gasteiger partial charge in [0, 0.05) is 6.42 Å². The SMILES string of the molecule is CC/C=C\C/C=C\C/C=C\C/C=C\CCC(=O)NC(COP(=O)(O)OCC[N+](C)(C)C)C(O)CCCCCCCCCCCCCCCCCCCCCCCCCCC. The molecule has 8 nitrogen and oxygen atoms in total. The van der Waals surface area contributed by atoms with Crippen molar-refractivity contribution in [2.75, 3.05) is 40.9 Å². The molecular weight excluding hydrogens is 768 g/mol. The molecule has 0 aromatic carbocycles. The summed E-state index contributed by atoms with van der Waals surface area (Å²) in [7, 11) is 1.57. The van der Waals surface area contributed by atoms with E-state index in [0.717, 1.165) is 44.9 Å². The third kappa shape index (κ3) is 44.5. The molecule has 0 heterocycles. The van der Waals surface area contributed by atoms with Gasteiger partial charge in [0.1, 0.15) is 13.2 Å². The molecule has 0 aromatic heterocycles. The van der Waals surface area contributed by atoms with Crippen molar-refractivity contribution >= 4 is 13.7 Å². The highest BCUT2D eigenvalue weighted by Crippen LogP contribution is 2.43. The summed E-state index contributed by atoms with van der Waals surface area (Å²) in [4.78, 5) is 23.1. The Labute approximate surface area is 371 Å². The van der Waals surface area contributed by atoms with Gasteiger partial charge in [-0.15, -0.1) is 0 Å². The van der Waals surface area contributed by atoms with Gasteiger partial charge in [-0.1, -0.05) is 223 Å². The summed E-state index contributed by atoms with van der Waals surface area (Å²) in [6, 6.07) is -0.799. The summed E-state index contributed by atoms with van der Waals surface area (Å²) in [6.07, 6.45) is 54.7. The van der Waals surface area contributed by atoms with E-state index in [9.17, 15) is 19.4 Å². The molecule has 9 heteroatoms. The number of nitrogens with one attached hydrogen (secondary N) is 1. The number of carbonyl (C=O) groups is 1. The molecule has 0 fully saturated rings. The van der Waals surface area contributed by atoms with Crippen molar-refractivity contribution in [2.45, 2.75) is 231 Å². The lowest BCUT2D eigenvalue weighted by molar-refractivity contribution is -0.870. The lowest BCUT2D eigenvalue weighted by Gasteiger charge is -2.26. The minimum Gasteiger partial charge on any atom is -0.391 e. The maximum Gasteiger partial charge on any atom is 0.472 e. The number of aliphatic hydroxyl groups is 1. The molecule has 0 bridgehead atoms. The lowest BCUT2D eigenvalue weighted by atomic mass is 10.0. The third-order valence-electron chi connectivity index (χ3n) is 11.1. The van der Waals surface area contributed by atoms with Gasteiger partial charge in [0.15, 0.2) is 0 Å². The second-order valence-corrected chi connectivity index (χ2v) is 19.6. The highest BCUT2D eigenvalue weighted by molar-refractivity contribution is 7.47. The molecule has 3 unspecified atom stereocenters. The van der Waals surface area contributed by atoms with Gasteiger partial charge in [-0.3, -0.25) is 13.8 Å². The van der Waals surface area contributed by atoms with Crippen LogP contribution in [0.15, 0.2) is 48.6 Å². The van der Waals surface area contributed by atoms with E-state index in [1.54, 1.807) is 0 Å². The Hall–Kier alpha value is -1.54. The van der Waals surface area contributed by atoms with Gasteiger partial charge < -0.3 is 19.8 Å². The summed E-state index contributed by atoms with van der Waals surface area (Å²) >= 11 is 0. The van der Waals surface area contributed by atoms with Crippen LogP contribution >= 0.6 is 7.82 Å². The van der Waals surface area contributed by atoms with Gasteiger partial charge in [0.25, 0.3) is 0 Å². The van der Waals surface area contributed by atoms with Crippen molar-refractivity contribution in [3.05, 3.63) is 48.6 Å². The minimum atomic E-state index is -4.34. The van der Waals surface area contributed by atoms with Crippen LogP contribution in [0.3, 0.4) is 0 Å². The second-order valence-electron chi connectivity index (χ2n) is 18.2. The third-order valence-corrected chi connectivity index (χ3v) is 12.1. The fourth-order valence-corrected chi connectivity index (χ4v) is 7.91. The first kappa shape index (κ1) is 58.5. The molecule has 1 amide bonds. The van der Waals surface area contributed by atoms with Gasteiger partial charge in [-0.2, -0.15) is 0 Å². The number of phosphoric acid groups is 1. The average Bonchev–Trinajstić information content (AvgIpc) is 3.20. The van der Waals surface area contributed by atoms with Crippen molar-refractivity contribution in [3.8, 4) is 0 Å². The zero-order valence-electron chi connectivity index (χ0n) is 39.9. The first-order valence-corrected chi connectivity index (χ1v) is 26.5. The predicted molar refractivity (Wildman–Crippen MR) is 258 cm³/mol. The van der Waals surface area contributed by atoms with E-state index in [0.29, 0.717) is 23.9 Å². The van der Waals surface area contributed by atoms with Gasteiger partial charge >= 0.3 is 7.82 Å². The Morgan fingerprint density at radius 3 is 1.37 bits per heavy atom. The Bertz CT molecular complexity index is 1120. The van der Waals surface area contributed by atoms with E-state index in [-0.39, 0.29) is 25.5 Å². The minimum absolute atomic E-state index is 0.0608. The summed E-state index contributed by atoms with van der Waals surface area (Å²) in [5.74, 6) is -0.223. The van der Waals surface area contributed by atoms with Gasteiger partial charge in [0.05, 0.1) is 39.9 Å². The number of carbonyl (C=O) groups excluding carboxylic acids is 1. The van der Waals surface area contributed by atoms with Gasteiger partial charge in [0.2, 0.25) is 5.91 Å². The summed E-state index contributed by atoms with van der Waals surface area (Å²) in [5.41, 5.74) is 0. The van der Waals surface area contributed by atoms with Crippen molar-refractivity contribution in [1.29, 1.82) is 0 Å². The number of unbranched alkanes of at least 4 members (excludes halogenated alkanes) is 24. The highest BCUT2D eigenvalue weighted by Gasteiger charge is 2.28. The predicted octanol–water partition coefficient (Wildman–Crippen LogP) is 14.4.